The highest BCUT2D eigenvalue weighted by Gasteiger charge is 2.31. The van der Waals surface area contributed by atoms with Crippen LogP contribution in [0.2, 0.25) is 0 Å². The van der Waals surface area contributed by atoms with Crippen molar-refractivity contribution in [1.29, 1.82) is 0 Å². The summed E-state index contributed by atoms with van der Waals surface area (Å²) in [7, 11) is 1.76. The SMILES string of the molecule is COC(C)CCNC1=NC[C@H]2CCCN12.I. The number of halogens is 1. The Morgan fingerprint density at radius 2 is 2.44 bits per heavy atom. The Hall–Kier alpha value is -0.0400. The summed E-state index contributed by atoms with van der Waals surface area (Å²) >= 11 is 0. The molecule has 1 unspecified atom stereocenters. The van der Waals surface area contributed by atoms with Crippen molar-refractivity contribution in [3.8, 4) is 0 Å². The molecule has 0 spiro atoms. The van der Waals surface area contributed by atoms with Gasteiger partial charge in [0.2, 0.25) is 0 Å². The molecule has 1 fully saturated rings. The van der Waals surface area contributed by atoms with E-state index >= 15 is 0 Å². The highest BCUT2D eigenvalue weighted by atomic mass is 127. The van der Waals surface area contributed by atoms with Gasteiger partial charge in [-0.25, -0.2) is 0 Å². The molecule has 0 saturated carbocycles. The lowest BCUT2D eigenvalue weighted by atomic mass is 10.2. The quantitative estimate of drug-likeness (QED) is 0.788. The van der Waals surface area contributed by atoms with Crippen LogP contribution in [-0.2, 0) is 4.74 Å². The van der Waals surface area contributed by atoms with Gasteiger partial charge in [-0.1, -0.05) is 0 Å². The van der Waals surface area contributed by atoms with Crippen LogP contribution in [0.4, 0.5) is 0 Å². The van der Waals surface area contributed by atoms with Gasteiger partial charge in [-0.3, -0.25) is 4.99 Å². The Kier molecular flexibility index (Phi) is 5.82. The third-order valence-electron chi connectivity index (χ3n) is 3.34. The molecular weight excluding hydrogens is 317 g/mol. The number of hydrogen-bond donors (Lipinski definition) is 1. The van der Waals surface area contributed by atoms with Crippen LogP contribution < -0.4 is 5.32 Å². The van der Waals surface area contributed by atoms with Gasteiger partial charge < -0.3 is 15.0 Å². The molecule has 2 aliphatic rings. The fraction of sp³-hybridized carbons (Fsp3) is 0.909. The Balaban J connectivity index is 0.00000128. The van der Waals surface area contributed by atoms with Crippen LogP contribution in [0.3, 0.4) is 0 Å². The summed E-state index contributed by atoms with van der Waals surface area (Å²) in [4.78, 5) is 6.95. The third-order valence-corrected chi connectivity index (χ3v) is 3.34. The number of guanidine groups is 1. The molecule has 94 valence electrons. The van der Waals surface area contributed by atoms with E-state index in [2.05, 4.69) is 22.1 Å². The lowest BCUT2D eigenvalue weighted by molar-refractivity contribution is 0.112. The Morgan fingerprint density at radius 3 is 3.19 bits per heavy atom. The van der Waals surface area contributed by atoms with Crippen LogP contribution in [0, 0.1) is 0 Å². The minimum Gasteiger partial charge on any atom is -0.382 e. The largest absolute Gasteiger partial charge is 0.382 e. The number of methoxy groups -OCH3 is 1. The number of nitrogens with zero attached hydrogens (tertiary/aromatic N) is 2. The molecule has 0 aromatic carbocycles. The predicted octanol–water partition coefficient (Wildman–Crippen LogP) is 1.45. The van der Waals surface area contributed by atoms with Gasteiger partial charge in [-0.05, 0) is 26.2 Å². The van der Waals surface area contributed by atoms with Crippen LogP contribution in [0.5, 0.6) is 0 Å². The van der Waals surface area contributed by atoms with E-state index in [0.29, 0.717) is 12.1 Å². The van der Waals surface area contributed by atoms with Crippen molar-refractivity contribution < 1.29 is 4.74 Å². The molecular formula is C11H22IN3O. The second-order valence-corrected chi connectivity index (χ2v) is 4.42. The van der Waals surface area contributed by atoms with Crippen LogP contribution in [0.25, 0.3) is 0 Å². The van der Waals surface area contributed by atoms with Gasteiger partial charge in [-0.2, -0.15) is 0 Å². The highest BCUT2D eigenvalue weighted by Crippen LogP contribution is 2.21. The molecule has 2 atom stereocenters. The summed E-state index contributed by atoms with van der Waals surface area (Å²) in [6.07, 6.45) is 3.99. The molecule has 16 heavy (non-hydrogen) atoms. The number of ether oxygens (including phenoxy) is 1. The lowest BCUT2D eigenvalue weighted by Gasteiger charge is -2.21. The first kappa shape index (κ1) is 14.0. The Bertz CT molecular complexity index is 247. The summed E-state index contributed by atoms with van der Waals surface area (Å²) in [6, 6.07) is 0.687. The van der Waals surface area contributed by atoms with E-state index in [4.69, 9.17) is 4.74 Å². The van der Waals surface area contributed by atoms with E-state index in [9.17, 15) is 0 Å². The van der Waals surface area contributed by atoms with Gasteiger partial charge in [0.1, 0.15) is 0 Å². The summed E-state index contributed by atoms with van der Waals surface area (Å²) in [5.74, 6) is 1.11. The molecule has 4 nitrogen and oxygen atoms in total. The first-order chi connectivity index (χ1) is 7.31. The monoisotopic (exact) mass is 339 g/mol. The third kappa shape index (κ3) is 3.23. The van der Waals surface area contributed by atoms with Crippen molar-refractivity contribution in [2.45, 2.75) is 38.3 Å². The second-order valence-electron chi connectivity index (χ2n) is 4.42. The van der Waals surface area contributed by atoms with E-state index in [0.717, 1.165) is 25.5 Å². The van der Waals surface area contributed by atoms with Gasteiger partial charge in [0.25, 0.3) is 0 Å². The van der Waals surface area contributed by atoms with E-state index in [1.165, 1.54) is 19.4 Å². The van der Waals surface area contributed by atoms with Crippen molar-refractivity contribution in [1.82, 2.24) is 10.2 Å². The van der Waals surface area contributed by atoms with Crippen molar-refractivity contribution in [2.24, 2.45) is 4.99 Å². The maximum atomic E-state index is 5.21. The predicted molar refractivity (Wildman–Crippen MR) is 76.5 cm³/mol. The maximum absolute atomic E-state index is 5.21. The number of rotatable bonds is 4. The number of fused-ring (bicyclic) bond motifs is 1. The van der Waals surface area contributed by atoms with Gasteiger partial charge in [-0.15, -0.1) is 24.0 Å². The molecule has 1 N–H and O–H groups in total. The topological polar surface area (TPSA) is 36.9 Å². The summed E-state index contributed by atoms with van der Waals surface area (Å²) in [5, 5.41) is 3.41. The normalized spacial score (nSPS) is 24.8. The standard InChI is InChI=1S/C11H21N3O.HI/c1-9(15-2)5-6-12-11-13-8-10-4-3-7-14(10)11;/h9-10H,3-8H2,1-2H3,(H,12,13);1H/t9?,10-;/m1./s1. The van der Waals surface area contributed by atoms with Crippen LogP contribution in [0.15, 0.2) is 4.99 Å². The zero-order valence-electron chi connectivity index (χ0n) is 10.1. The maximum Gasteiger partial charge on any atom is 0.194 e. The van der Waals surface area contributed by atoms with Crippen LogP contribution in [0.1, 0.15) is 26.2 Å². The van der Waals surface area contributed by atoms with Crippen LogP contribution in [-0.4, -0.2) is 49.7 Å². The fourth-order valence-corrected chi connectivity index (χ4v) is 2.25. The minimum atomic E-state index is 0. The molecule has 2 aliphatic heterocycles. The number of hydrogen-bond acceptors (Lipinski definition) is 4. The molecule has 0 aromatic heterocycles. The molecule has 0 aliphatic carbocycles. The van der Waals surface area contributed by atoms with Crippen LogP contribution >= 0.6 is 24.0 Å². The fourth-order valence-electron chi connectivity index (χ4n) is 2.25. The molecule has 0 amide bonds. The van der Waals surface area contributed by atoms with E-state index in [1.54, 1.807) is 7.11 Å². The minimum absolute atomic E-state index is 0. The first-order valence-corrected chi connectivity index (χ1v) is 5.89. The molecule has 0 aromatic rings. The number of nitrogens with one attached hydrogen (secondary N) is 1. The highest BCUT2D eigenvalue weighted by molar-refractivity contribution is 14.0. The lowest BCUT2D eigenvalue weighted by Crippen LogP contribution is -2.40. The van der Waals surface area contributed by atoms with Crippen molar-refractivity contribution >= 4 is 29.9 Å². The molecule has 0 bridgehead atoms. The molecule has 2 heterocycles. The Labute approximate surface area is 115 Å². The Morgan fingerprint density at radius 1 is 1.62 bits per heavy atom. The van der Waals surface area contributed by atoms with E-state index in [1.807, 2.05) is 0 Å². The number of aliphatic imine (C=N–C) groups is 1. The average molecular weight is 339 g/mol. The van der Waals surface area contributed by atoms with Crippen molar-refractivity contribution in [3.63, 3.8) is 0 Å². The van der Waals surface area contributed by atoms with Gasteiger partial charge in [0, 0.05) is 20.2 Å². The van der Waals surface area contributed by atoms with Gasteiger partial charge in [0.15, 0.2) is 5.96 Å². The first-order valence-electron chi connectivity index (χ1n) is 5.89. The zero-order valence-corrected chi connectivity index (χ0v) is 12.4. The average Bonchev–Trinajstić information content (AvgIpc) is 2.81. The second kappa shape index (κ2) is 6.64. The summed E-state index contributed by atoms with van der Waals surface area (Å²) in [6.45, 7) is 5.21. The summed E-state index contributed by atoms with van der Waals surface area (Å²) in [5.41, 5.74) is 0. The van der Waals surface area contributed by atoms with Gasteiger partial charge in [0.05, 0.1) is 18.7 Å². The van der Waals surface area contributed by atoms with E-state index < -0.39 is 0 Å². The van der Waals surface area contributed by atoms with E-state index in [-0.39, 0.29) is 24.0 Å². The van der Waals surface area contributed by atoms with Gasteiger partial charge >= 0.3 is 0 Å². The smallest absolute Gasteiger partial charge is 0.194 e. The summed E-state index contributed by atoms with van der Waals surface area (Å²) < 4.78 is 5.21. The molecule has 1 saturated heterocycles. The molecule has 0 radical (unpaired) electrons. The van der Waals surface area contributed by atoms with Crippen molar-refractivity contribution in [2.75, 3.05) is 26.7 Å². The molecule has 2 rings (SSSR count). The van der Waals surface area contributed by atoms with Crippen molar-refractivity contribution in [3.05, 3.63) is 0 Å². The molecule has 5 heteroatoms. The zero-order chi connectivity index (χ0) is 10.7.